The number of rotatable bonds is 4. The van der Waals surface area contributed by atoms with Crippen LogP contribution >= 0.6 is 7.78 Å². The van der Waals surface area contributed by atoms with E-state index < -0.39 is 22.2 Å². The van der Waals surface area contributed by atoms with E-state index in [0.717, 1.165) is 18.2 Å². The summed E-state index contributed by atoms with van der Waals surface area (Å²) in [6.45, 7) is 3.31. The summed E-state index contributed by atoms with van der Waals surface area (Å²) < 4.78 is 23.4. The minimum atomic E-state index is -3.63. The molecule has 88 valence electrons. The van der Waals surface area contributed by atoms with Gasteiger partial charge >= 0.3 is 0 Å². The van der Waals surface area contributed by atoms with Gasteiger partial charge < -0.3 is 0 Å². The van der Waals surface area contributed by atoms with Crippen molar-refractivity contribution in [2.24, 2.45) is 0 Å². The fourth-order valence-corrected chi connectivity index (χ4v) is 3.69. The van der Waals surface area contributed by atoms with Gasteiger partial charge in [-0.25, -0.2) is 8.42 Å². The van der Waals surface area contributed by atoms with Gasteiger partial charge in [-0.15, -0.1) is 0 Å². The predicted molar refractivity (Wildman–Crippen MR) is 63.5 cm³/mol. The van der Waals surface area contributed by atoms with Crippen LogP contribution in [-0.2, 0) is 9.46 Å². The Hall–Kier alpha value is -1.77. The normalized spacial score (nSPS) is 11.2. The molecule has 1 aromatic carbocycles. The van der Waals surface area contributed by atoms with Crippen molar-refractivity contribution in [2.45, 2.75) is 4.90 Å². The van der Waals surface area contributed by atoms with E-state index in [1.807, 2.05) is 0 Å². The van der Waals surface area contributed by atoms with Crippen molar-refractivity contribution in [3.8, 4) is 6.07 Å². The molecule has 0 amide bonds. The van der Waals surface area contributed by atoms with Crippen LogP contribution in [0.4, 0.5) is 5.69 Å². The molecule has 0 saturated heterocycles. The summed E-state index contributed by atoms with van der Waals surface area (Å²) in [5.74, 6) is 1.22. The smallest absolute Gasteiger partial charge is 0.258 e. The molecule has 0 aromatic heterocycles. The number of non-ortho nitro benzene ring substituents is 1. The summed E-state index contributed by atoms with van der Waals surface area (Å²) >= 11 is 0. The minimum Gasteiger partial charge on any atom is -0.258 e. The fourth-order valence-electron chi connectivity index (χ4n) is 1.13. The number of nitriles is 1. The topological polar surface area (TPSA) is 101 Å². The molecule has 0 spiro atoms. The fraction of sp³-hybridized carbons (Fsp3) is 0. The first-order valence-corrected chi connectivity index (χ1v) is 7.52. The first-order valence-electron chi connectivity index (χ1n) is 4.24. The Morgan fingerprint density at radius 2 is 2.18 bits per heavy atom. The van der Waals surface area contributed by atoms with Crippen molar-refractivity contribution < 1.29 is 13.3 Å². The molecule has 0 aliphatic rings. The number of hydrogen-bond acceptors (Lipinski definition) is 5. The van der Waals surface area contributed by atoms with Gasteiger partial charge in [0.05, 0.1) is 15.4 Å². The van der Waals surface area contributed by atoms with Crippen LogP contribution in [-0.4, -0.2) is 13.3 Å². The van der Waals surface area contributed by atoms with Crippen molar-refractivity contribution in [3.63, 3.8) is 0 Å². The molecular weight excluding hydrogens is 263 g/mol. The van der Waals surface area contributed by atoms with E-state index in [1.54, 1.807) is 6.07 Å². The van der Waals surface area contributed by atoms with E-state index in [-0.39, 0.29) is 16.1 Å². The summed E-state index contributed by atoms with van der Waals surface area (Å²) in [5, 5.41) is 19.3. The molecule has 0 aliphatic heterocycles. The molecule has 0 saturated carbocycles. The largest absolute Gasteiger partial charge is 0.270 e. The van der Waals surface area contributed by atoms with Crippen molar-refractivity contribution in [2.75, 3.05) is 0 Å². The zero-order valence-electron chi connectivity index (χ0n) is 8.45. The van der Waals surface area contributed by atoms with Crippen LogP contribution in [0.5, 0.6) is 0 Å². The molecule has 0 radical (unpaired) electrons. The molecule has 6 nitrogen and oxygen atoms in total. The Balaban J connectivity index is 3.43. The Kier molecular flexibility index (Phi) is 3.94. The predicted octanol–water partition coefficient (Wildman–Crippen LogP) is 1.98. The molecule has 0 N–H and O–H groups in total. The molecule has 1 aromatic rings. The van der Waals surface area contributed by atoms with Gasteiger partial charge in [0.25, 0.3) is 5.69 Å². The van der Waals surface area contributed by atoms with E-state index in [4.69, 9.17) is 5.26 Å². The lowest BCUT2D eigenvalue weighted by atomic mass is 10.2. The lowest BCUT2D eigenvalue weighted by molar-refractivity contribution is -0.384. The standard InChI is InChI=1S/C9H7N2O4PS/c1-2-16-17(14,15)9-4-3-8(11(12)13)5-7(9)6-10/h2-5,16H,1H2. The molecule has 1 unspecified atom stereocenters. The monoisotopic (exact) mass is 270 g/mol. The first kappa shape index (κ1) is 13.3. The lowest BCUT2D eigenvalue weighted by Crippen LogP contribution is -1.98. The summed E-state index contributed by atoms with van der Waals surface area (Å²) in [7, 11) is -4.21. The number of hydrogen-bond donors (Lipinski definition) is 0. The van der Waals surface area contributed by atoms with Crippen LogP contribution in [0.1, 0.15) is 5.56 Å². The van der Waals surface area contributed by atoms with Gasteiger partial charge in [0.2, 0.25) is 0 Å². The zero-order chi connectivity index (χ0) is 13.1. The molecule has 0 aliphatic carbocycles. The maximum atomic E-state index is 11.7. The molecule has 0 heterocycles. The summed E-state index contributed by atoms with van der Waals surface area (Å²) in [6.07, 6.45) is 0. The molecule has 17 heavy (non-hydrogen) atoms. The Morgan fingerprint density at radius 1 is 1.53 bits per heavy atom. The lowest BCUT2D eigenvalue weighted by Gasteiger charge is -2.03. The summed E-state index contributed by atoms with van der Waals surface area (Å²) in [5.41, 5.74) is -0.545. The van der Waals surface area contributed by atoms with Crippen molar-refractivity contribution >= 4 is 22.9 Å². The molecular formula is C9H7N2O4PS. The van der Waals surface area contributed by atoms with Gasteiger partial charge in [0.15, 0.2) is 9.46 Å². The van der Waals surface area contributed by atoms with Crippen LogP contribution in [0.15, 0.2) is 35.5 Å². The molecule has 0 bridgehead atoms. The highest BCUT2D eigenvalue weighted by molar-refractivity contribution is 8.44. The van der Waals surface area contributed by atoms with E-state index in [9.17, 15) is 18.5 Å². The van der Waals surface area contributed by atoms with Crippen LogP contribution in [0.25, 0.3) is 0 Å². The van der Waals surface area contributed by atoms with Gasteiger partial charge in [-0.1, -0.05) is 12.4 Å². The van der Waals surface area contributed by atoms with Crippen molar-refractivity contribution in [3.05, 3.63) is 46.3 Å². The quantitative estimate of drug-likeness (QED) is 0.473. The zero-order valence-corrected chi connectivity index (χ0v) is 10.3. The number of nitrogens with zero attached hydrogens (tertiary/aromatic N) is 2. The van der Waals surface area contributed by atoms with Crippen molar-refractivity contribution in [1.82, 2.24) is 0 Å². The third kappa shape index (κ3) is 2.87. The second-order valence-electron chi connectivity index (χ2n) is 2.87. The highest BCUT2D eigenvalue weighted by Crippen LogP contribution is 2.33. The highest BCUT2D eigenvalue weighted by atomic mass is 32.8. The molecule has 0 fully saturated rings. The number of nitro groups is 1. The Bertz CT molecular complexity index is 618. The molecule has 1 rings (SSSR count). The van der Waals surface area contributed by atoms with Crippen LogP contribution in [0, 0.1) is 21.4 Å². The Labute approximate surface area is 99.2 Å². The first-order chi connectivity index (χ1) is 7.92. The van der Waals surface area contributed by atoms with Crippen LogP contribution < -0.4 is 0 Å². The van der Waals surface area contributed by atoms with Crippen LogP contribution in [0.3, 0.4) is 0 Å². The second-order valence-corrected chi connectivity index (χ2v) is 7.28. The minimum absolute atomic E-state index is 0.205. The second kappa shape index (κ2) is 5.04. The van der Waals surface area contributed by atoms with E-state index in [2.05, 4.69) is 6.58 Å². The van der Waals surface area contributed by atoms with Crippen LogP contribution in [0.2, 0.25) is 0 Å². The van der Waals surface area contributed by atoms with Gasteiger partial charge in [-0.3, -0.25) is 10.1 Å². The number of benzene rings is 1. The summed E-state index contributed by atoms with van der Waals surface area (Å²) in [4.78, 5) is 9.60. The van der Waals surface area contributed by atoms with E-state index in [1.165, 1.54) is 5.82 Å². The van der Waals surface area contributed by atoms with E-state index >= 15 is 0 Å². The van der Waals surface area contributed by atoms with Gasteiger partial charge in [0.1, 0.15) is 6.07 Å². The third-order valence-electron chi connectivity index (χ3n) is 1.82. The molecule has 1 atom stereocenters. The van der Waals surface area contributed by atoms with Gasteiger partial charge in [-0.2, -0.15) is 5.26 Å². The van der Waals surface area contributed by atoms with E-state index in [0.29, 0.717) is 0 Å². The number of nitro benzene ring substituents is 1. The Morgan fingerprint density at radius 3 is 2.65 bits per heavy atom. The average molecular weight is 270 g/mol. The third-order valence-corrected chi connectivity index (χ3v) is 5.33. The molecule has 8 heteroatoms. The highest BCUT2D eigenvalue weighted by Gasteiger charge is 2.20. The van der Waals surface area contributed by atoms with Crippen molar-refractivity contribution in [1.29, 1.82) is 5.26 Å². The maximum absolute atomic E-state index is 11.7. The summed E-state index contributed by atoms with van der Waals surface area (Å²) in [6, 6.07) is 4.72. The SMILES string of the molecule is C=CPS(=O)(=O)c1ccc([N+](=O)[O-])cc1C#N. The van der Waals surface area contributed by atoms with Gasteiger partial charge in [0, 0.05) is 19.9 Å². The van der Waals surface area contributed by atoms with Gasteiger partial charge in [-0.05, 0) is 6.07 Å². The average Bonchev–Trinajstić information content (AvgIpc) is 2.28. The maximum Gasteiger partial charge on any atom is 0.270 e.